The van der Waals surface area contributed by atoms with Crippen LogP contribution >= 0.6 is 11.3 Å². The van der Waals surface area contributed by atoms with Gasteiger partial charge >= 0.3 is 5.97 Å². The molecule has 2 amide bonds. The van der Waals surface area contributed by atoms with E-state index in [4.69, 9.17) is 9.15 Å². The number of methoxy groups -OCH3 is 1. The second-order valence-corrected chi connectivity index (χ2v) is 6.61. The van der Waals surface area contributed by atoms with E-state index < -0.39 is 11.9 Å². The molecule has 0 saturated heterocycles. The van der Waals surface area contributed by atoms with Crippen LogP contribution < -0.4 is 5.32 Å². The van der Waals surface area contributed by atoms with Crippen LogP contribution in [-0.2, 0) is 4.74 Å². The van der Waals surface area contributed by atoms with Crippen LogP contribution in [0.3, 0.4) is 0 Å². The topological polar surface area (TPSA) is 88.9 Å². The van der Waals surface area contributed by atoms with E-state index >= 15 is 0 Å². The van der Waals surface area contributed by atoms with E-state index in [9.17, 15) is 14.4 Å². The summed E-state index contributed by atoms with van der Waals surface area (Å²) in [4.78, 5) is 39.4. The zero-order chi connectivity index (χ0) is 19.4. The van der Waals surface area contributed by atoms with Crippen molar-refractivity contribution in [1.29, 1.82) is 0 Å². The van der Waals surface area contributed by atoms with Crippen molar-refractivity contribution < 1.29 is 23.5 Å². The second-order valence-electron chi connectivity index (χ2n) is 5.59. The standard InChI is InChI=1S/C18H22N2O5S/c1-6-20(7-2)17(22)14-11(4)13(18(23)24-5)16(26-14)19-15(21)12-9-8-10(3)25-12/h8-9H,6-7H2,1-5H3,(H,19,21). The van der Waals surface area contributed by atoms with E-state index in [0.717, 1.165) is 11.3 Å². The molecule has 0 aliphatic rings. The van der Waals surface area contributed by atoms with Crippen molar-refractivity contribution in [3.05, 3.63) is 39.7 Å². The Kier molecular flexibility index (Phi) is 6.20. The number of furan rings is 1. The third-order valence-corrected chi connectivity index (χ3v) is 5.17. The first-order chi connectivity index (χ1) is 12.3. The van der Waals surface area contributed by atoms with E-state index in [1.165, 1.54) is 7.11 Å². The molecule has 0 saturated carbocycles. The molecule has 0 fully saturated rings. The maximum absolute atomic E-state index is 12.7. The zero-order valence-electron chi connectivity index (χ0n) is 15.5. The number of amides is 2. The molecule has 2 heterocycles. The van der Waals surface area contributed by atoms with Gasteiger partial charge in [0.15, 0.2) is 5.76 Å². The molecule has 2 rings (SSSR count). The number of nitrogens with one attached hydrogen (secondary N) is 1. The van der Waals surface area contributed by atoms with Crippen LogP contribution in [0, 0.1) is 13.8 Å². The number of thiophene rings is 1. The largest absolute Gasteiger partial charge is 0.465 e. The van der Waals surface area contributed by atoms with Gasteiger partial charge in [0.05, 0.1) is 17.6 Å². The van der Waals surface area contributed by atoms with E-state index in [2.05, 4.69) is 5.32 Å². The molecule has 2 aromatic heterocycles. The molecule has 0 atom stereocenters. The highest BCUT2D eigenvalue weighted by molar-refractivity contribution is 7.18. The first-order valence-electron chi connectivity index (χ1n) is 8.22. The van der Waals surface area contributed by atoms with Gasteiger partial charge in [-0.25, -0.2) is 4.79 Å². The van der Waals surface area contributed by atoms with Crippen molar-refractivity contribution in [3.63, 3.8) is 0 Å². The maximum atomic E-state index is 12.7. The molecular formula is C18H22N2O5S. The third kappa shape index (κ3) is 3.80. The van der Waals surface area contributed by atoms with Gasteiger partial charge in [-0.05, 0) is 45.4 Å². The number of nitrogens with zero attached hydrogens (tertiary/aromatic N) is 1. The van der Waals surface area contributed by atoms with Crippen LogP contribution in [0.25, 0.3) is 0 Å². The minimum atomic E-state index is -0.608. The average molecular weight is 378 g/mol. The molecule has 0 aliphatic carbocycles. The van der Waals surface area contributed by atoms with Crippen molar-refractivity contribution in [2.45, 2.75) is 27.7 Å². The normalized spacial score (nSPS) is 10.5. The fourth-order valence-electron chi connectivity index (χ4n) is 2.53. The number of aryl methyl sites for hydroxylation is 1. The highest BCUT2D eigenvalue weighted by Gasteiger charge is 2.28. The number of ether oxygens (including phenoxy) is 1. The van der Waals surface area contributed by atoms with Crippen LogP contribution in [0.2, 0.25) is 0 Å². The van der Waals surface area contributed by atoms with E-state index in [0.29, 0.717) is 29.3 Å². The summed E-state index contributed by atoms with van der Waals surface area (Å²) in [5.41, 5.74) is 0.675. The molecule has 7 nitrogen and oxygen atoms in total. The Morgan fingerprint density at radius 3 is 2.35 bits per heavy atom. The van der Waals surface area contributed by atoms with E-state index in [1.54, 1.807) is 30.9 Å². The van der Waals surface area contributed by atoms with Gasteiger partial charge in [0.25, 0.3) is 11.8 Å². The second kappa shape index (κ2) is 8.18. The minimum absolute atomic E-state index is 0.126. The molecule has 2 aromatic rings. The van der Waals surface area contributed by atoms with Gasteiger partial charge in [-0.1, -0.05) is 0 Å². The molecule has 0 radical (unpaired) electrons. The SMILES string of the molecule is CCN(CC)C(=O)c1sc(NC(=O)c2ccc(C)o2)c(C(=O)OC)c1C. The van der Waals surface area contributed by atoms with Gasteiger partial charge in [0.1, 0.15) is 10.8 Å². The van der Waals surface area contributed by atoms with Gasteiger partial charge in [0.2, 0.25) is 0 Å². The number of hydrogen-bond donors (Lipinski definition) is 1. The molecular weight excluding hydrogens is 356 g/mol. The molecule has 0 aliphatic heterocycles. The van der Waals surface area contributed by atoms with Crippen molar-refractivity contribution in [1.82, 2.24) is 4.90 Å². The van der Waals surface area contributed by atoms with Crippen LogP contribution in [-0.4, -0.2) is 42.9 Å². The number of carbonyl (C=O) groups excluding carboxylic acids is 3. The number of rotatable bonds is 6. The summed E-state index contributed by atoms with van der Waals surface area (Å²) in [5.74, 6) is -0.560. The Hall–Kier alpha value is -2.61. The Bertz CT molecular complexity index is 833. The fraction of sp³-hybridized carbons (Fsp3) is 0.389. The molecule has 0 aromatic carbocycles. The van der Waals surface area contributed by atoms with Crippen molar-refractivity contribution >= 4 is 34.1 Å². The van der Waals surface area contributed by atoms with Crippen molar-refractivity contribution in [3.8, 4) is 0 Å². The summed E-state index contributed by atoms with van der Waals surface area (Å²) in [7, 11) is 1.26. The number of hydrogen-bond acceptors (Lipinski definition) is 6. The Morgan fingerprint density at radius 2 is 1.85 bits per heavy atom. The lowest BCUT2D eigenvalue weighted by Gasteiger charge is -2.17. The summed E-state index contributed by atoms with van der Waals surface area (Å²) >= 11 is 1.06. The molecule has 26 heavy (non-hydrogen) atoms. The quantitative estimate of drug-likeness (QED) is 0.778. The molecule has 0 spiro atoms. The van der Waals surface area contributed by atoms with Crippen molar-refractivity contribution in [2.75, 3.05) is 25.5 Å². The van der Waals surface area contributed by atoms with Gasteiger partial charge in [-0.2, -0.15) is 0 Å². The number of anilines is 1. The third-order valence-electron chi connectivity index (χ3n) is 3.97. The smallest absolute Gasteiger partial charge is 0.341 e. The fourth-order valence-corrected chi connectivity index (χ4v) is 3.69. The summed E-state index contributed by atoms with van der Waals surface area (Å²) < 4.78 is 10.1. The Morgan fingerprint density at radius 1 is 1.19 bits per heavy atom. The lowest BCUT2D eigenvalue weighted by atomic mass is 10.1. The molecule has 1 N–H and O–H groups in total. The summed E-state index contributed by atoms with van der Waals surface area (Å²) in [6.07, 6.45) is 0. The minimum Gasteiger partial charge on any atom is -0.465 e. The first-order valence-corrected chi connectivity index (χ1v) is 9.04. The highest BCUT2D eigenvalue weighted by Crippen LogP contribution is 2.35. The van der Waals surface area contributed by atoms with Gasteiger partial charge in [-0.15, -0.1) is 11.3 Å². The number of carbonyl (C=O) groups is 3. The van der Waals surface area contributed by atoms with Crippen LogP contribution in [0.15, 0.2) is 16.5 Å². The monoisotopic (exact) mass is 378 g/mol. The van der Waals surface area contributed by atoms with E-state index in [-0.39, 0.29) is 22.2 Å². The highest BCUT2D eigenvalue weighted by atomic mass is 32.1. The van der Waals surface area contributed by atoms with Gasteiger partial charge in [-0.3, -0.25) is 9.59 Å². The lowest BCUT2D eigenvalue weighted by Crippen LogP contribution is -2.30. The predicted molar refractivity (Wildman–Crippen MR) is 99.0 cm³/mol. The first kappa shape index (κ1) is 19.7. The summed E-state index contributed by atoms with van der Waals surface area (Å²) in [5, 5.41) is 2.93. The zero-order valence-corrected chi connectivity index (χ0v) is 16.3. The predicted octanol–water partition coefficient (Wildman–Crippen LogP) is 3.48. The van der Waals surface area contributed by atoms with Crippen LogP contribution in [0.1, 0.15) is 55.8 Å². The summed E-state index contributed by atoms with van der Waals surface area (Å²) in [6, 6.07) is 3.22. The van der Waals surface area contributed by atoms with Crippen LogP contribution in [0.5, 0.6) is 0 Å². The van der Waals surface area contributed by atoms with E-state index in [1.807, 2.05) is 13.8 Å². The summed E-state index contributed by atoms with van der Waals surface area (Å²) in [6.45, 7) is 8.27. The number of esters is 1. The van der Waals surface area contributed by atoms with Crippen molar-refractivity contribution in [2.24, 2.45) is 0 Å². The molecule has 8 heteroatoms. The Labute approximate surface area is 155 Å². The molecule has 0 unspecified atom stereocenters. The maximum Gasteiger partial charge on any atom is 0.341 e. The Balaban J connectivity index is 2.44. The average Bonchev–Trinajstić information content (AvgIpc) is 3.19. The lowest BCUT2D eigenvalue weighted by molar-refractivity contribution is 0.0601. The van der Waals surface area contributed by atoms with Gasteiger partial charge in [0, 0.05) is 13.1 Å². The van der Waals surface area contributed by atoms with Crippen LogP contribution in [0.4, 0.5) is 5.00 Å². The van der Waals surface area contributed by atoms with Gasteiger partial charge < -0.3 is 19.4 Å². The molecule has 0 bridgehead atoms. The molecule has 140 valence electrons.